The molecule has 0 saturated carbocycles. The maximum absolute atomic E-state index is 11.9. The first-order valence-corrected chi connectivity index (χ1v) is 5.54. The minimum atomic E-state index is 0.132. The SMILES string of the molecule is CCNCc1cccn(CC(C)C)c1=O. The second-order valence-corrected chi connectivity index (χ2v) is 4.17. The molecule has 0 bridgehead atoms. The summed E-state index contributed by atoms with van der Waals surface area (Å²) in [5, 5.41) is 3.17. The van der Waals surface area contributed by atoms with Gasteiger partial charge in [0.05, 0.1) is 0 Å². The van der Waals surface area contributed by atoms with Gasteiger partial charge in [-0.15, -0.1) is 0 Å². The Morgan fingerprint density at radius 3 is 2.80 bits per heavy atom. The molecule has 0 radical (unpaired) electrons. The van der Waals surface area contributed by atoms with E-state index in [0.29, 0.717) is 12.5 Å². The number of aromatic nitrogens is 1. The highest BCUT2D eigenvalue weighted by molar-refractivity contribution is 5.10. The molecule has 0 aliphatic carbocycles. The number of hydrogen-bond acceptors (Lipinski definition) is 2. The van der Waals surface area contributed by atoms with Gasteiger partial charge in [0, 0.05) is 24.8 Å². The van der Waals surface area contributed by atoms with Gasteiger partial charge in [-0.25, -0.2) is 0 Å². The Kier molecular flexibility index (Phi) is 4.56. The van der Waals surface area contributed by atoms with Crippen LogP contribution in [0.3, 0.4) is 0 Å². The fraction of sp³-hybridized carbons (Fsp3) is 0.583. The van der Waals surface area contributed by atoms with Crippen molar-refractivity contribution in [3.63, 3.8) is 0 Å². The molecule has 0 aliphatic heterocycles. The molecule has 0 fully saturated rings. The van der Waals surface area contributed by atoms with Crippen molar-refractivity contribution in [3.8, 4) is 0 Å². The van der Waals surface area contributed by atoms with Crippen LogP contribution in [-0.2, 0) is 13.1 Å². The summed E-state index contributed by atoms with van der Waals surface area (Å²) in [6.45, 7) is 8.61. The molecule has 3 nitrogen and oxygen atoms in total. The van der Waals surface area contributed by atoms with E-state index in [-0.39, 0.29) is 5.56 Å². The van der Waals surface area contributed by atoms with Gasteiger partial charge in [0.25, 0.3) is 5.56 Å². The van der Waals surface area contributed by atoms with Crippen molar-refractivity contribution < 1.29 is 0 Å². The molecule has 1 aromatic heterocycles. The molecule has 0 aliphatic rings. The van der Waals surface area contributed by atoms with Crippen molar-refractivity contribution in [1.82, 2.24) is 9.88 Å². The van der Waals surface area contributed by atoms with E-state index in [0.717, 1.165) is 18.7 Å². The number of hydrogen-bond donors (Lipinski definition) is 1. The van der Waals surface area contributed by atoms with E-state index in [1.54, 1.807) is 4.57 Å². The van der Waals surface area contributed by atoms with Crippen molar-refractivity contribution in [2.24, 2.45) is 5.92 Å². The number of nitrogens with one attached hydrogen (secondary N) is 1. The Hall–Kier alpha value is -1.09. The highest BCUT2D eigenvalue weighted by Crippen LogP contribution is 1.97. The Bertz CT molecular complexity index is 355. The number of rotatable bonds is 5. The Balaban J connectivity index is 2.85. The first kappa shape index (κ1) is 12.0. The van der Waals surface area contributed by atoms with Crippen LogP contribution in [0.5, 0.6) is 0 Å². The Morgan fingerprint density at radius 1 is 1.47 bits per heavy atom. The number of pyridine rings is 1. The first-order valence-electron chi connectivity index (χ1n) is 5.54. The molecule has 1 heterocycles. The predicted molar refractivity (Wildman–Crippen MR) is 62.9 cm³/mol. The van der Waals surface area contributed by atoms with E-state index in [1.807, 2.05) is 25.3 Å². The average Bonchev–Trinajstić information content (AvgIpc) is 2.19. The summed E-state index contributed by atoms with van der Waals surface area (Å²) in [6, 6.07) is 3.83. The highest BCUT2D eigenvalue weighted by Gasteiger charge is 2.03. The summed E-state index contributed by atoms with van der Waals surface area (Å²) in [5.74, 6) is 0.497. The van der Waals surface area contributed by atoms with Crippen molar-refractivity contribution in [2.45, 2.75) is 33.9 Å². The Labute approximate surface area is 91.1 Å². The Morgan fingerprint density at radius 2 is 2.20 bits per heavy atom. The minimum absolute atomic E-state index is 0.132. The van der Waals surface area contributed by atoms with E-state index >= 15 is 0 Å². The van der Waals surface area contributed by atoms with Gasteiger partial charge in [-0.3, -0.25) is 4.79 Å². The van der Waals surface area contributed by atoms with Crippen LogP contribution in [0.15, 0.2) is 23.1 Å². The summed E-state index contributed by atoms with van der Waals surface area (Å²) in [5.41, 5.74) is 0.979. The summed E-state index contributed by atoms with van der Waals surface area (Å²) < 4.78 is 1.79. The largest absolute Gasteiger partial charge is 0.315 e. The highest BCUT2D eigenvalue weighted by atomic mass is 16.1. The van der Waals surface area contributed by atoms with E-state index in [2.05, 4.69) is 19.2 Å². The normalized spacial score (nSPS) is 10.9. The molecule has 84 valence electrons. The molecular weight excluding hydrogens is 188 g/mol. The van der Waals surface area contributed by atoms with Crippen molar-refractivity contribution in [1.29, 1.82) is 0 Å². The lowest BCUT2D eigenvalue weighted by molar-refractivity contribution is 0.507. The monoisotopic (exact) mass is 208 g/mol. The third-order valence-electron chi connectivity index (χ3n) is 2.23. The van der Waals surface area contributed by atoms with Crippen LogP contribution in [0.1, 0.15) is 26.3 Å². The molecule has 15 heavy (non-hydrogen) atoms. The van der Waals surface area contributed by atoms with E-state index in [4.69, 9.17) is 0 Å². The number of nitrogens with zero attached hydrogens (tertiary/aromatic N) is 1. The van der Waals surface area contributed by atoms with Crippen LogP contribution >= 0.6 is 0 Å². The molecule has 0 atom stereocenters. The fourth-order valence-corrected chi connectivity index (χ4v) is 1.52. The van der Waals surface area contributed by atoms with Gasteiger partial charge in [0.15, 0.2) is 0 Å². The molecule has 1 N–H and O–H groups in total. The molecule has 0 saturated heterocycles. The summed E-state index contributed by atoms with van der Waals surface area (Å²) in [7, 11) is 0. The molecule has 1 rings (SSSR count). The lowest BCUT2D eigenvalue weighted by atomic mass is 10.2. The molecular formula is C12H20N2O. The van der Waals surface area contributed by atoms with Gasteiger partial charge in [0.2, 0.25) is 0 Å². The van der Waals surface area contributed by atoms with Gasteiger partial charge in [-0.05, 0) is 18.5 Å². The van der Waals surface area contributed by atoms with Crippen LogP contribution in [0.4, 0.5) is 0 Å². The standard InChI is InChI=1S/C12H20N2O/c1-4-13-8-11-6-5-7-14(12(11)15)9-10(2)3/h5-7,10,13H,4,8-9H2,1-3H3. The second kappa shape index (κ2) is 5.71. The topological polar surface area (TPSA) is 34.0 Å². The maximum atomic E-state index is 11.9. The zero-order valence-corrected chi connectivity index (χ0v) is 9.79. The fourth-order valence-electron chi connectivity index (χ4n) is 1.52. The molecule has 0 aromatic carbocycles. The lowest BCUT2D eigenvalue weighted by Gasteiger charge is -2.10. The van der Waals surface area contributed by atoms with Gasteiger partial charge in [0.1, 0.15) is 0 Å². The molecule has 0 unspecified atom stereocenters. The van der Waals surface area contributed by atoms with E-state index in [9.17, 15) is 4.79 Å². The van der Waals surface area contributed by atoms with Crippen molar-refractivity contribution >= 4 is 0 Å². The summed E-state index contributed by atoms with van der Waals surface area (Å²) >= 11 is 0. The minimum Gasteiger partial charge on any atom is -0.315 e. The van der Waals surface area contributed by atoms with Gasteiger partial charge >= 0.3 is 0 Å². The third-order valence-corrected chi connectivity index (χ3v) is 2.23. The smallest absolute Gasteiger partial charge is 0.255 e. The maximum Gasteiger partial charge on any atom is 0.255 e. The van der Waals surface area contributed by atoms with Crippen LogP contribution in [-0.4, -0.2) is 11.1 Å². The summed E-state index contributed by atoms with van der Waals surface area (Å²) in [4.78, 5) is 11.9. The van der Waals surface area contributed by atoms with Crippen molar-refractivity contribution in [3.05, 3.63) is 34.2 Å². The first-order chi connectivity index (χ1) is 7.15. The van der Waals surface area contributed by atoms with Gasteiger partial charge < -0.3 is 9.88 Å². The van der Waals surface area contributed by atoms with Gasteiger partial charge in [-0.1, -0.05) is 26.8 Å². The summed E-state index contributed by atoms with van der Waals surface area (Å²) in [6.07, 6.45) is 1.86. The van der Waals surface area contributed by atoms with Crippen molar-refractivity contribution in [2.75, 3.05) is 6.54 Å². The van der Waals surface area contributed by atoms with Crippen LogP contribution in [0.2, 0.25) is 0 Å². The zero-order valence-electron chi connectivity index (χ0n) is 9.79. The zero-order chi connectivity index (χ0) is 11.3. The average molecular weight is 208 g/mol. The molecule has 0 amide bonds. The van der Waals surface area contributed by atoms with E-state index < -0.39 is 0 Å². The van der Waals surface area contributed by atoms with Crippen LogP contribution in [0.25, 0.3) is 0 Å². The quantitative estimate of drug-likeness (QED) is 0.797. The lowest BCUT2D eigenvalue weighted by Crippen LogP contribution is -2.27. The third kappa shape index (κ3) is 3.51. The van der Waals surface area contributed by atoms with Crippen LogP contribution < -0.4 is 10.9 Å². The van der Waals surface area contributed by atoms with Crippen LogP contribution in [0, 0.1) is 5.92 Å². The second-order valence-electron chi connectivity index (χ2n) is 4.17. The van der Waals surface area contributed by atoms with E-state index in [1.165, 1.54) is 0 Å². The predicted octanol–water partition coefficient (Wildman–Crippen LogP) is 1.61. The molecule has 1 aromatic rings. The molecule has 0 spiro atoms. The molecule has 3 heteroatoms. The van der Waals surface area contributed by atoms with Gasteiger partial charge in [-0.2, -0.15) is 0 Å².